The maximum absolute atomic E-state index is 11.8. The molecule has 1 heterocycles. The molecule has 1 aliphatic rings. The molecule has 0 saturated carbocycles. The Bertz CT molecular complexity index is 552. The van der Waals surface area contributed by atoms with E-state index in [2.05, 4.69) is 5.32 Å². The normalized spacial score (nSPS) is 18.1. The quantitative estimate of drug-likeness (QED) is 0.197. The van der Waals surface area contributed by atoms with Gasteiger partial charge in [-0.25, -0.2) is 4.79 Å². The maximum atomic E-state index is 11.8. The van der Waals surface area contributed by atoms with Gasteiger partial charge in [0.05, 0.1) is 6.61 Å². The van der Waals surface area contributed by atoms with E-state index in [1.165, 1.54) is 20.8 Å². The summed E-state index contributed by atoms with van der Waals surface area (Å²) in [6.07, 6.45) is 5.20. The van der Waals surface area contributed by atoms with Gasteiger partial charge in [-0.3, -0.25) is 4.79 Å². The van der Waals surface area contributed by atoms with Crippen LogP contribution in [0.1, 0.15) is 65.7 Å². The van der Waals surface area contributed by atoms with E-state index in [0.717, 1.165) is 44.9 Å². The summed E-state index contributed by atoms with van der Waals surface area (Å²) in [5.74, 6) is -0.350. The first-order valence-electron chi connectivity index (χ1n) is 11.0. The molecule has 1 saturated heterocycles. The number of hydrogen-bond acceptors (Lipinski definition) is 7. The molecule has 1 rings (SSSR count). The molecule has 1 amide bonds. The molecule has 0 bridgehead atoms. The van der Waals surface area contributed by atoms with Gasteiger partial charge in [-0.2, -0.15) is 0 Å². The number of unbranched alkanes of at least 4 members (excludes halogenated alkanes) is 3. The van der Waals surface area contributed by atoms with Crippen molar-refractivity contribution < 1.29 is 33.3 Å². The molecule has 0 spiro atoms. The van der Waals surface area contributed by atoms with Crippen LogP contribution in [-0.2, 0) is 28.5 Å². The molecule has 0 aromatic carbocycles. The Kier molecular flexibility index (Phi) is 14.2. The maximum Gasteiger partial charge on any atom is 0.407 e. The van der Waals surface area contributed by atoms with Gasteiger partial charge in [0.1, 0.15) is 12.7 Å². The van der Waals surface area contributed by atoms with Gasteiger partial charge in [0.2, 0.25) is 3.79 Å². The van der Waals surface area contributed by atoms with E-state index in [1.54, 1.807) is 0 Å². The van der Waals surface area contributed by atoms with Crippen LogP contribution in [0.3, 0.4) is 0 Å². The summed E-state index contributed by atoms with van der Waals surface area (Å²) in [6.45, 7) is 6.63. The smallest absolute Gasteiger partial charge is 0.407 e. The van der Waals surface area contributed by atoms with E-state index in [0.29, 0.717) is 26.4 Å². The third-order valence-corrected chi connectivity index (χ3v) is 6.14. The zero-order chi connectivity index (χ0) is 24.0. The Balaban J connectivity index is 2.11. The van der Waals surface area contributed by atoms with Crippen LogP contribution in [0.15, 0.2) is 0 Å². The number of hydrogen-bond donors (Lipinski definition) is 1. The number of rotatable bonds is 14. The van der Waals surface area contributed by atoms with Gasteiger partial charge in [0, 0.05) is 26.7 Å². The van der Waals surface area contributed by atoms with Crippen molar-refractivity contribution in [3.8, 4) is 0 Å². The molecule has 1 aliphatic heterocycles. The molecule has 0 aromatic rings. The molecule has 0 aromatic heterocycles. The number of halogens is 3. The van der Waals surface area contributed by atoms with Crippen LogP contribution in [-0.4, -0.2) is 66.8 Å². The fourth-order valence-corrected chi connectivity index (χ4v) is 2.90. The molecule has 1 fully saturated rings. The molecule has 0 radical (unpaired) electrons. The van der Waals surface area contributed by atoms with Crippen molar-refractivity contribution in [3.63, 3.8) is 0 Å². The topological polar surface area (TPSA) is 92.3 Å². The molecule has 188 valence electrons. The standard InChI is InChI=1S/C21H36Cl3NO7/c1-16(26)30-15-17(31-18-10-6-9-13-29-18)14-28-12-8-5-4-7-11-25-19(27)32-20(2,3)21(22,23)24/h17-18H,4-15H2,1-3H3,(H,25,27)/t17-,18?/m1/s1. The van der Waals surface area contributed by atoms with Gasteiger partial charge in [-0.15, -0.1) is 0 Å². The fraction of sp³-hybridized carbons (Fsp3) is 0.905. The SMILES string of the molecule is CC(=O)OC[C@@H](COCCCCCCNC(=O)OC(C)(C)C(Cl)(Cl)Cl)OC1CCCCO1. The Morgan fingerprint density at radius 3 is 2.44 bits per heavy atom. The van der Waals surface area contributed by atoms with Crippen molar-refractivity contribution in [2.45, 2.75) is 87.5 Å². The monoisotopic (exact) mass is 519 g/mol. The van der Waals surface area contributed by atoms with Crippen molar-refractivity contribution in [3.05, 3.63) is 0 Å². The number of nitrogens with one attached hydrogen (secondary N) is 1. The van der Waals surface area contributed by atoms with E-state index in [1.807, 2.05) is 0 Å². The second-order valence-electron chi connectivity index (χ2n) is 8.17. The van der Waals surface area contributed by atoms with E-state index in [4.69, 9.17) is 58.5 Å². The highest BCUT2D eigenvalue weighted by Crippen LogP contribution is 2.40. The summed E-state index contributed by atoms with van der Waals surface area (Å²) < 4.78 is 25.7. The third-order valence-electron chi connectivity index (χ3n) is 4.77. The Morgan fingerprint density at radius 1 is 1.09 bits per heavy atom. The molecule has 0 aliphatic carbocycles. The number of amides is 1. The second kappa shape index (κ2) is 15.4. The Morgan fingerprint density at radius 2 is 1.81 bits per heavy atom. The lowest BCUT2D eigenvalue weighted by Gasteiger charge is -2.31. The van der Waals surface area contributed by atoms with Gasteiger partial charge in [0.25, 0.3) is 0 Å². The average Bonchev–Trinajstić information content (AvgIpc) is 2.70. The predicted octanol–water partition coefficient (Wildman–Crippen LogP) is 4.91. The number of carbonyl (C=O) groups excluding carboxylic acids is 2. The van der Waals surface area contributed by atoms with E-state index in [-0.39, 0.29) is 25.0 Å². The third kappa shape index (κ3) is 13.3. The van der Waals surface area contributed by atoms with Crippen molar-refractivity contribution in [1.82, 2.24) is 5.32 Å². The second-order valence-corrected chi connectivity index (χ2v) is 10.5. The van der Waals surface area contributed by atoms with Crippen LogP contribution in [0.5, 0.6) is 0 Å². The number of carbonyl (C=O) groups is 2. The lowest BCUT2D eigenvalue weighted by Crippen LogP contribution is -2.44. The molecule has 11 heteroatoms. The van der Waals surface area contributed by atoms with Crippen molar-refractivity contribution in [2.24, 2.45) is 0 Å². The first-order valence-corrected chi connectivity index (χ1v) is 12.2. The molecule has 2 atom stereocenters. The summed E-state index contributed by atoms with van der Waals surface area (Å²) >= 11 is 17.4. The average molecular weight is 521 g/mol. The van der Waals surface area contributed by atoms with Gasteiger partial charge >= 0.3 is 12.1 Å². The van der Waals surface area contributed by atoms with Crippen LogP contribution >= 0.6 is 34.8 Å². The van der Waals surface area contributed by atoms with Crippen LogP contribution < -0.4 is 5.32 Å². The summed E-state index contributed by atoms with van der Waals surface area (Å²) in [5.41, 5.74) is -1.24. The minimum Gasteiger partial charge on any atom is -0.463 e. The summed E-state index contributed by atoms with van der Waals surface area (Å²) in [4.78, 5) is 22.9. The Labute approximate surface area is 205 Å². The van der Waals surface area contributed by atoms with Crippen molar-refractivity contribution >= 4 is 46.9 Å². The molecule has 1 N–H and O–H groups in total. The predicted molar refractivity (Wildman–Crippen MR) is 123 cm³/mol. The number of alkyl carbamates (subject to hydrolysis) is 1. The minimum absolute atomic E-state index is 0.145. The van der Waals surface area contributed by atoms with Crippen molar-refractivity contribution in [1.29, 1.82) is 0 Å². The molecule has 8 nitrogen and oxygen atoms in total. The lowest BCUT2D eigenvalue weighted by atomic mass is 10.2. The fourth-order valence-electron chi connectivity index (χ4n) is 2.78. The van der Waals surface area contributed by atoms with Gasteiger partial charge < -0.3 is 29.0 Å². The van der Waals surface area contributed by atoms with Crippen LogP contribution in [0.25, 0.3) is 0 Å². The molecular formula is C21H36Cl3NO7. The van der Waals surface area contributed by atoms with E-state index >= 15 is 0 Å². The largest absolute Gasteiger partial charge is 0.463 e. The first-order chi connectivity index (χ1) is 15.0. The zero-order valence-corrected chi connectivity index (χ0v) is 21.4. The number of alkyl halides is 3. The van der Waals surface area contributed by atoms with E-state index in [9.17, 15) is 9.59 Å². The first kappa shape index (κ1) is 29.5. The summed E-state index contributed by atoms with van der Waals surface area (Å²) in [7, 11) is 0. The van der Waals surface area contributed by atoms with Crippen LogP contribution in [0.2, 0.25) is 0 Å². The summed E-state index contributed by atoms with van der Waals surface area (Å²) in [6, 6.07) is 0. The molecular weight excluding hydrogens is 485 g/mol. The summed E-state index contributed by atoms with van der Waals surface area (Å²) in [5, 5.41) is 2.65. The van der Waals surface area contributed by atoms with Crippen molar-refractivity contribution in [2.75, 3.05) is 33.0 Å². The van der Waals surface area contributed by atoms with Crippen LogP contribution in [0.4, 0.5) is 4.79 Å². The van der Waals surface area contributed by atoms with Gasteiger partial charge in [-0.05, 0) is 46.0 Å². The highest BCUT2D eigenvalue weighted by molar-refractivity contribution is 6.68. The lowest BCUT2D eigenvalue weighted by molar-refractivity contribution is -0.208. The van der Waals surface area contributed by atoms with Gasteiger partial charge in [-0.1, -0.05) is 47.6 Å². The van der Waals surface area contributed by atoms with Gasteiger partial charge in [0.15, 0.2) is 11.9 Å². The number of esters is 1. The zero-order valence-electron chi connectivity index (χ0n) is 19.1. The number of ether oxygens (including phenoxy) is 5. The molecule has 32 heavy (non-hydrogen) atoms. The van der Waals surface area contributed by atoms with Crippen LogP contribution in [0, 0.1) is 0 Å². The Hall–Kier alpha value is -0.510. The highest BCUT2D eigenvalue weighted by Gasteiger charge is 2.44. The van der Waals surface area contributed by atoms with E-state index < -0.39 is 15.5 Å². The highest BCUT2D eigenvalue weighted by atomic mass is 35.6. The molecule has 1 unspecified atom stereocenters. The minimum atomic E-state index is -1.71.